The first-order valence-electron chi connectivity index (χ1n) is 8.57. The van der Waals surface area contributed by atoms with Gasteiger partial charge in [-0.05, 0) is 19.4 Å². The van der Waals surface area contributed by atoms with Crippen LogP contribution in [0.15, 0.2) is 0 Å². The van der Waals surface area contributed by atoms with Gasteiger partial charge in [0.05, 0.1) is 25.6 Å². The summed E-state index contributed by atoms with van der Waals surface area (Å²) in [5.41, 5.74) is 16.1. The third-order valence-electron chi connectivity index (χ3n) is 3.58. The first kappa shape index (κ1) is 25.2. The number of amides is 4. The van der Waals surface area contributed by atoms with Crippen LogP contribution in [-0.4, -0.2) is 77.6 Å². The van der Waals surface area contributed by atoms with Gasteiger partial charge in [0.15, 0.2) is 0 Å². The maximum atomic E-state index is 12.2. The average molecular weight is 404 g/mol. The van der Waals surface area contributed by atoms with Gasteiger partial charge in [-0.25, -0.2) is 4.79 Å². The smallest absolute Gasteiger partial charge is 0.328 e. The third-order valence-corrected chi connectivity index (χ3v) is 3.58. The van der Waals surface area contributed by atoms with Gasteiger partial charge in [-0.2, -0.15) is 0 Å². The highest BCUT2D eigenvalue weighted by Gasteiger charge is 2.26. The summed E-state index contributed by atoms with van der Waals surface area (Å²) in [6.07, 6.45) is 1.08. The Hall–Kier alpha value is -2.77. The standard InChI is InChI=1S/C15H28N6O7/c16-4-2-1-3-8(17)13(25)21-9(5-11(18)23)14(26)19-6-12(24)20-10(7-22)15(27)28/h8-10,22H,1-7,16-17H2,(H2,18,23)(H,19,26)(H,20,24)(H,21,25)(H,27,28). The molecule has 0 aliphatic carbocycles. The molecule has 0 aromatic rings. The number of unbranched alkanes of at least 4 members (excludes halogenated alkanes) is 1. The number of aliphatic hydroxyl groups excluding tert-OH is 1. The molecule has 0 saturated carbocycles. The minimum Gasteiger partial charge on any atom is -0.480 e. The number of aliphatic hydroxyl groups is 1. The van der Waals surface area contributed by atoms with E-state index in [9.17, 15) is 24.0 Å². The summed E-state index contributed by atoms with van der Waals surface area (Å²) in [5.74, 6) is -4.77. The van der Waals surface area contributed by atoms with E-state index >= 15 is 0 Å². The first-order chi connectivity index (χ1) is 13.1. The monoisotopic (exact) mass is 404 g/mol. The molecule has 0 saturated heterocycles. The van der Waals surface area contributed by atoms with Gasteiger partial charge in [0.1, 0.15) is 12.1 Å². The molecule has 0 rings (SSSR count). The normalized spacial score (nSPS) is 13.7. The summed E-state index contributed by atoms with van der Waals surface area (Å²) in [7, 11) is 0. The van der Waals surface area contributed by atoms with Gasteiger partial charge in [0, 0.05) is 0 Å². The lowest BCUT2D eigenvalue weighted by Crippen LogP contribution is -2.54. The zero-order chi connectivity index (χ0) is 21.7. The molecule has 28 heavy (non-hydrogen) atoms. The van der Waals surface area contributed by atoms with Crippen molar-refractivity contribution in [3.63, 3.8) is 0 Å². The number of primary amides is 1. The number of aliphatic carboxylic acids is 1. The molecule has 0 aromatic carbocycles. The van der Waals surface area contributed by atoms with E-state index in [4.69, 9.17) is 27.4 Å². The molecule has 0 heterocycles. The summed E-state index contributed by atoms with van der Waals surface area (Å²) in [5, 5.41) is 24.0. The van der Waals surface area contributed by atoms with Crippen molar-refractivity contribution in [2.24, 2.45) is 17.2 Å². The Labute approximate surface area is 161 Å². The fraction of sp³-hybridized carbons (Fsp3) is 0.667. The molecule has 3 unspecified atom stereocenters. The molecule has 13 nitrogen and oxygen atoms in total. The van der Waals surface area contributed by atoms with Crippen LogP contribution in [0.25, 0.3) is 0 Å². The molecule has 4 amide bonds. The lowest BCUT2D eigenvalue weighted by molar-refractivity contribution is -0.143. The van der Waals surface area contributed by atoms with Crippen molar-refractivity contribution in [1.29, 1.82) is 0 Å². The van der Waals surface area contributed by atoms with Gasteiger partial charge in [-0.1, -0.05) is 6.42 Å². The van der Waals surface area contributed by atoms with Crippen LogP contribution >= 0.6 is 0 Å². The SMILES string of the molecule is NCCCCC(N)C(=O)NC(CC(N)=O)C(=O)NCC(=O)NC(CO)C(=O)O. The topological polar surface area (TPSA) is 240 Å². The molecule has 0 aromatic heterocycles. The second-order valence-corrected chi connectivity index (χ2v) is 5.98. The van der Waals surface area contributed by atoms with Gasteiger partial charge in [-0.3, -0.25) is 19.2 Å². The van der Waals surface area contributed by atoms with Crippen molar-refractivity contribution in [2.45, 2.75) is 43.8 Å². The predicted octanol–water partition coefficient (Wildman–Crippen LogP) is -4.52. The highest BCUT2D eigenvalue weighted by molar-refractivity contribution is 5.95. The molecular weight excluding hydrogens is 376 g/mol. The number of nitrogens with one attached hydrogen (secondary N) is 3. The number of carboxylic acid groups (broad SMARTS) is 1. The molecule has 3 atom stereocenters. The summed E-state index contributed by atoms with van der Waals surface area (Å²) in [6, 6.07) is -3.80. The van der Waals surface area contributed by atoms with Gasteiger partial charge < -0.3 is 43.4 Å². The van der Waals surface area contributed by atoms with Crippen LogP contribution in [0.3, 0.4) is 0 Å². The van der Waals surface area contributed by atoms with Gasteiger partial charge in [0.2, 0.25) is 23.6 Å². The van der Waals surface area contributed by atoms with Gasteiger partial charge in [0.25, 0.3) is 0 Å². The van der Waals surface area contributed by atoms with E-state index in [2.05, 4.69) is 10.6 Å². The highest BCUT2D eigenvalue weighted by Crippen LogP contribution is 2.00. The maximum absolute atomic E-state index is 12.2. The summed E-state index contributed by atoms with van der Waals surface area (Å²) in [4.78, 5) is 57.7. The largest absolute Gasteiger partial charge is 0.480 e. The van der Waals surface area contributed by atoms with E-state index in [1.165, 1.54) is 0 Å². The summed E-state index contributed by atoms with van der Waals surface area (Å²) < 4.78 is 0. The van der Waals surface area contributed by atoms with E-state index in [-0.39, 0.29) is 0 Å². The van der Waals surface area contributed by atoms with Crippen LogP contribution in [0.1, 0.15) is 25.7 Å². The minimum absolute atomic E-state index is 0.327. The highest BCUT2D eigenvalue weighted by atomic mass is 16.4. The van der Waals surface area contributed by atoms with Crippen LogP contribution < -0.4 is 33.2 Å². The van der Waals surface area contributed by atoms with Crippen molar-refractivity contribution in [2.75, 3.05) is 19.7 Å². The van der Waals surface area contributed by atoms with E-state index in [1.54, 1.807) is 0 Å². The van der Waals surface area contributed by atoms with Crippen LogP contribution in [0.5, 0.6) is 0 Å². The van der Waals surface area contributed by atoms with Gasteiger partial charge in [-0.15, -0.1) is 0 Å². The fourth-order valence-corrected chi connectivity index (χ4v) is 2.05. The number of carbonyl (C=O) groups excluding carboxylic acids is 4. The number of carbonyl (C=O) groups is 5. The van der Waals surface area contributed by atoms with E-state index in [0.717, 1.165) is 0 Å². The lowest BCUT2D eigenvalue weighted by atomic mass is 10.1. The Bertz CT molecular complexity index is 571. The molecule has 0 radical (unpaired) electrons. The zero-order valence-electron chi connectivity index (χ0n) is 15.3. The van der Waals surface area contributed by atoms with Crippen LogP contribution in [-0.2, 0) is 24.0 Å². The van der Waals surface area contributed by atoms with Crippen molar-refractivity contribution < 1.29 is 34.2 Å². The Morgan fingerprint density at radius 1 is 0.964 bits per heavy atom. The van der Waals surface area contributed by atoms with E-state index in [1.807, 2.05) is 5.32 Å². The van der Waals surface area contributed by atoms with Crippen LogP contribution in [0.2, 0.25) is 0 Å². The number of carboxylic acids is 1. The molecule has 0 aliphatic rings. The molecule has 11 N–H and O–H groups in total. The summed E-state index contributed by atoms with van der Waals surface area (Å²) in [6.45, 7) is -1.03. The molecular formula is C15H28N6O7. The molecule has 0 fully saturated rings. The fourth-order valence-electron chi connectivity index (χ4n) is 2.05. The van der Waals surface area contributed by atoms with Crippen molar-refractivity contribution in [3.05, 3.63) is 0 Å². The van der Waals surface area contributed by atoms with Crippen molar-refractivity contribution in [1.82, 2.24) is 16.0 Å². The number of nitrogens with two attached hydrogens (primary N) is 3. The third kappa shape index (κ3) is 10.4. The van der Waals surface area contributed by atoms with Crippen LogP contribution in [0.4, 0.5) is 0 Å². The van der Waals surface area contributed by atoms with Crippen LogP contribution in [0, 0.1) is 0 Å². The van der Waals surface area contributed by atoms with Gasteiger partial charge >= 0.3 is 5.97 Å². The molecule has 0 spiro atoms. The first-order valence-corrected chi connectivity index (χ1v) is 8.57. The van der Waals surface area contributed by atoms with Crippen molar-refractivity contribution >= 4 is 29.6 Å². The second kappa shape index (κ2) is 13.4. The van der Waals surface area contributed by atoms with E-state index < -0.39 is 67.3 Å². The van der Waals surface area contributed by atoms with E-state index in [0.29, 0.717) is 25.8 Å². The Kier molecular flexibility index (Phi) is 12.1. The Balaban J connectivity index is 4.72. The zero-order valence-corrected chi connectivity index (χ0v) is 15.3. The predicted molar refractivity (Wildman–Crippen MR) is 96.3 cm³/mol. The molecule has 160 valence electrons. The Morgan fingerprint density at radius 3 is 2.11 bits per heavy atom. The minimum atomic E-state index is -1.53. The second-order valence-electron chi connectivity index (χ2n) is 5.98. The number of hydrogen-bond donors (Lipinski definition) is 8. The number of rotatable bonds is 14. The molecule has 0 bridgehead atoms. The lowest BCUT2D eigenvalue weighted by Gasteiger charge is -2.20. The molecule has 13 heteroatoms. The summed E-state index contributed by atoms with van der Waals surface area (Å²) >= 11 is 0. The quantitative estimate of drug-likeness (QED) is 0.130. The molecule has 0 aliphatic heterocycles. The Morgan fingerprint density at radius 2 is 1.61 bits per heavy atom. The average Bonchev–Trinajstić information content (AvgIpc) is 2.62. The maximum Gasteiger partial charge on any atom is 0.328 e. The van der Waals surface area contributed by atoms with Crippen molar-refractivity contribution in [3.8, 4) is 0 Å². The number of hydrogen-bond acceptors (Lipinski definition) is 8.